The molecule has 0 rings (SSSR count). The van der Waals surface area contributed by atoms with Gasteiger partial charge in [0.2, 0.25) is 0 Å². The van der Waals surface area contributed by atoms with E-state index in [1.54, 1.807) is 0 Å². The van der Waals surface area contributed by atoms with E-state index in [2.05, 4.69) is 45.8 Å². The van der Waals surface area contributed by atoms with Crippen molar-refractivity contribution in [1.82, 2.24) is 0 Å². The summed E-state index contributed by atoms with van der Waals surface area (Å²) in [5.74, 6) is 0. The molecule has 1 unspecified atom stereocenters. The summed E-state index contributed by atoms with van der Waals surface area (Å²) < 4.78 is 12.0. The summed E-state index contributed by atoms with van der Waals surface area (Å²) in [4.78, 5) is 0. The van der Waals surface area contributed by atoms with Crippen molar-refractivity contribution in [2.45, 2.75) is 45.8 Å². The molecule has 0 amide bonds. The molecule has 0 radical (unpaired) electrons. The molecule has 0 saturated heterocycles. The van der Waals surface area contributed by atoms with E-state index in [0.29, 0.717) is 0 Å². The van der Waals surface area contributed by atoms with Gasteiger partial charge in [-0.3, -0.25) is 0 Å². The van der Waals surface area contributed by atoms with Gasteiger partial charge in [-0.15, -0.1) is 0 Å². The number of rotatable bonds is 5. The highest BCUT2D eigenvalue weighted by Gasteiger charge is 2.22. The van der Waals surface area contributed by atoms with Crippen LogP contribution in [0.3, 0.4) is 0 Å². The van der Waals surface area contributed by atoms with Crippen molar-refractivity contribution in [3.05, 3.63) is 0 Å². The van der Waals surface area contributed by atoms with Crippen LogP contribution in [0.15, 0.2) is 0 Å². The molecule has 0 fully saturated rings. The smallest absolute Gasteiger partial charge is 0.171 e. The highest BCUT2D eigenvalue weighted by molar-refractivity contribution is 7.10. The van der Waals surface area contributed by atoms with Crippen LogP contribution in [0.2, 0.25) is 45.8 Å². The predicted octanol–water partition coefficient (Wildman–Crippen LogP) is 1.62. The minimum Gasteiger partial charge on any atom is -0.461 e. The van der Waals surface area contributed by atoms with Gasteiger partial charge in [-0.05, 0) is 39.3 Å². The van der Waals surface area contributed by atoms with Gasteiger partial charge >= 0.3 is 0 Å². The summed E-state index contributed by atoms with van der Waals surface area (Å²) in [6, 6.07) is 0. The van der Waals surface area contributed by atoms with Crippen LogP contribution in [0.4, 0.5) is 0 Å². The van der Waals surface area contributed by atoms with Gasteiger partial charge < -0.3 is 8.23 Å². The van der Waals surface area contributed by atoms with Crippen LogP contribution in [-0.4, -0.2) is 34.5 Å². The van der Waals surface area contributed by atoms with Crippen molar-refractivity contribution >= 4 is 34.5 Å². The second-order valence-electron chi connectivity index (χ2n) is 5.46. The fraction of sp³-hybridized carbons (Fsp3) is 1.00. The molecule has 0 spiro atoms. The molecule has 0 N–H and O–H groups in total. The molecular weight excluding hydrogens is 228 g/mol. The van der Waals surface area contributed by atoms with E-state index in [1.165, 1.54) is 0 Å². The standard InChI is InChI=1S/C7H24O2Si4/c1-11(9-13(5,6)7)10-8-12(2,3)4/h11H,10H2,1-7H3. The molecule has 6 heteroatoms. The van der Waals surface area contributed by atoms with Crippen LogP contribution >= 0.6 is 0 Å². The van der Waals surface area contributed by atoms with E-state index in [-0.39, 0.29) is 9.28 Å². The normalized spacial score (nSPS) is 16.8. The highest BCUT2D eigenvalue weighted by Crippen LogP contribution is 2.06. The second kappa shape index (κ2) is 5.03. The zero-order valence-corrected chi connectivity index (χ0v) is 14.7. The van der Waals surface area contributed by atoms with Crippen LogP contribution in [0, 0.1) is 0 Å². The lowest BCUT2D eigenvalue weighted by molar-refractivity contribution is 0.566. The molecule has 0 aliphatic rings. The molecule has 2 nitrogen and oxygen atoms in total. The highest BCUT2D eigenvalue weighted by atomic mass is 29.2. The van der Waals surface area contributed by atoms with E-state index in [9.17, 15) is 0 Å². The Labute approximate surface area is 88.8 Å². The zero-order valence-electron chi connectivity index (χ0n) is 10.1. The van der Waals surface area contributed by atoms with Gasteiger partial charge in [0.25, 0.3) is 0 Å². The quantitative estimate of drug-likeness (QED) is 0.693. The van der Waals surface area contributed by atoms with Crippen LogP contribution in [0.5, 0.6) is 0 Å². The average Bonchev–Trinajstić information content (AvgIpc) is 1.78. The molecule has 13 heavy (non-hydrogen) atoms. The van der Waals surface area contributed by atoms with Crippen molar-refractivity contribution in [3.8, 4) is 0 Å². The van der Waals surface area contributed by atoms with Gasteiger partial charge in [0.15, 0.2) is 34.5 Å². The summed E-state index contributed by atoms with van der Waals surface area (Å²) in [7, 11) is -3.80. The minimum absolute atomic E-state index is 0.335. The Morgan fingerprint density at radius 2 is 1.38 bits per heavy atom. The van der Waals surface area contributed by atoms with Gasteiger partial charge in [-0.25, -0.2) is 0 Å². The average molecular weight is 253 g/mol. The van der Waals surface area contributed by atoms with Crippen molar-refractivity contribution in [2.24, 2.45) is 0 Å². The Kier molecular flexibility index (Phi) is 5.34. The Hall–Kier alpha value is 0.788. The van der Waals surface area contributed by atoms with E-state index < -0.39 is 25.2 Å². The summed E-state index contributed by atoms with van der Waals surface area (Å²) in [5.41, 5.74) is 0. The zero-order chi connectivity index (χ0) is 10.7. The molecule has 0 aromatic heterocycles. The number of hydrogen-bond acceptors (Lipinski definition) is 2. The van der Waals surface area contributed by atoms with E-state index >= 15 is 0 Å². The summed E-state index contributed by atoms with van der Waals surface area (Å²) in [6.07, 6.45) is 0. The number of hydrogen-bond donors (Lipinski definition) is 0. The first-order valence-corrected chi connectivity index (χ1v) is 17.2. The lowest BCUT2D eigenvalue weighted by atomic mass is 11.8. The van der Waals surface area contributed by atoms with Crippen LogP contribution in [0.25, 0.3) is 0 Å². The fourth-order valence-electron chi connectivity index (χ4n) is 1.00. The molecule has 0 aliphatic carbocycles. The topological polar surface area (TPSA) is 18.5 Å². The van der Waals surface area contributed by atoms with Gasteiger partial charge in [0.1, 0.15) is 0 Å². The van der Waals surface area contributed by atoms with Crippen molar-refractivity contribution in [1.29, 1.82) is 0 Å². The molecule has 80 valence electrons. The third-order valence-electron chi connectivity index (χ3n) is 1.31. The molecule has 1 atom stereocenters. The van der Waals surface area contributed by atoms with Gasteiger partial charge in [-0.2, -0.15) is 0 Å². The van der Waals surface area contributed by atoms with Gasteiger partial charge in [-0.1, -0.05) is 6.55 Å². The molecular formula is C7H24O2Si4. The summed E-state index contributed by atoms with van der Waals surface area (Å²) in [6.45, 7) is 15.9. The Bertz CT molecular complexity index is 150. The third kappa shape index (κ3) is 10.7. The fourth-order valence-corrected chi connectivity index (χ4v) is 20.8. The SMILES string of the molecule is C[SiH](O[Si](C)(C)C)[SiH2]O[Si](C)(C)C. The molecule has 0 bridgehead atoms. The van der Waals surface area contributed by atoms with Gasteiger partial charge in [0.05, 0.1) is 0 Å². The molecule has 0 saturated carbocycles. The van der Waals surface area contributed by atoms with Crippen molar-refractivity contribution in [3.63, 3.8) is 0 Å². The van der Waals surface area contributed by atoms with Gasteiger partial charge in [0, 0.05) is 0 Å². The van der Waals surface area contributed by atoms with Crippen molar-refractivity contribution in [2.75, 3.05) is 0 Å². The molecule has 0 heterocycles. The third-order valence-corrected chi connectivity index (χ3v) is 14.8. The first-order chi connectivity index (χ1) is 5.60. The van der Waals surface area contributed by atoms with E-state index in [1.807, 2.05) is 0 Å². The maximum Gasteiger partial charge on any atom is 0.171 e. The first-order valence-electron chi connectivity index (χ1n) is 4.92. The maximum absolute atomic E-state index is 6.07. The van der Waals surface area contributed by atoms with Crippen LogP contribution in [-0.2, 0) is 8.23 Å². The second-order valence-corrected chi connectivity index (χ2v) is 22.4. The van der Waals surface area contributed by atoms with Crippen LogP contribution < -0.4 is 0 Å². The van der Waals surface area contributed by atoms with Crippen molar-refractivity contribution < 1.29 is 8.23 Å². The Balaban J connectivity index is 3.70. The lowest BCUT2D eigenvalue weighted by Crippen LogP contribution is -2.41. The Morgan fingerprint density at radius 1 is 0.923 bits per heavy atom. The predicted molar refractivity (Wildman–Crippen MR) is 70.4 cm³/mol. The largest absolute Gasteiger partial charge is 0.461 e. The molecule has 0 aliphatic heterocycles. The minimum atomic E-state index is -1.28. The van der Waals surface area contributed by atoms with E-state index in [4.69, 9.17) is 8.23 Å². The summed E-state index contributed by atoms with van der Waals surface area (Å²) in [5, 5.41) is 0. The van der Waals surface area contributed by atoms with E-state index in [0.717, 1.165) is 0 Å². The molecule has 0 aromatic rings. The first kappa shape index (κ1) is 13.8. The molecule has 0 aromatic carbocycles. The Morgan fingerprint density at radius 3 is 1.69 bits per heavy atom. The summed E-state index contributed by atoms with van der Waals surface area (Å²) >= 11 is 0. The lowest BCUT2D eigenvalue weighted by Gasteiger charge is -2.25. The monoisotopic (exact) mass is 252 g/mol. The maximum atomic E-state index is 6.07. The van der Waals surface area contributed by atoms with Crippen LogP contribution in [0.1, 0.15) is 0 Å².